The first-order chi connectivity index (χ1) is 59.2. The highest BCUT2D eigenvalue weighted by Gasteiger charge is 2.62. The van der Waals surface area contributed by atoms with Crippen molar-refractivity contribution in [2.75, 3.05) is 88.4 Å². The van der Waals surface area contributed by atoms with Crippen molar-refractivity contribution in [3.8, 4) is 0 Å². The average Bonchev–Trinajstić information content (AvgIpc) is 0.937. The fourth-order valence-electron chi connectivity index (χ4n) is 14.2. The number of carbonyl (C=O) groups is 6. The lowest BCUT2D eigenvalue weighted by molar-refractivity contribution is -0.437. The summed E-state index contributed by atoms with van der Waals surface area (Å²) in [5, 5.41) is 87.8. The third-order valence-electron chi connectivity index (χ3n) is 19.5. The highest BCUT2D eigenvalue weighted by atomic mass is 32.3. The Balaban J connectivity index is 1.09. The number of urea groups is 1. The molecule has 0 aromatic rings. The van der Waals surface area contributed by atoms with Crippen molar-refractivity contribution < 1.29 is 241 Å². The van der Waals surface area contributed by atoms with Gasteiger partial charge in [0.05, 0.1) is 31.9 Å². The maximum Gasteiger partial charge on any atom is 0.397 e. The van der Waals surface area contributed by atoms with Crippen LogP contribution in [0.1, 0.15) is 77.0 Å². The molecule has 0 radical (unpaired) electrons. The van der Waals surface area contributed by atoms with Gasteiger partial charge in [-0.05, 0) is 38.5 Å². The molecule has 0 spiro atoms. The van der Waals surface area contributed by atoms with Crippen LogP contribution in [0.5, 0.6) is 0 Å². The van der Waals surface area contributed by atoms with Crippen molar-refractivity contribution in [2.24, 2.45) is 0 Å². The van der Waals surface area contributed by atoms with Crippen LogP contribution in [0.25, 0.3) is 0 Å². The molecule has 65 heteroatoms. The zero-order valence-electron chi connectivity index (χ0n) is 66.2. The molecular weight excluding hydrogens is 1870 g/mol. The van der Waals surface area contributed by atoms with Crippen molar-refractivity contribution in [1.29, 1.82) is 0 Å². The molecule has 0 aromatic carbocycles. The van der Waals surface area contributed by atoms with Gasteiger partial charge >= 0.3 is 49.2 Å². The first kappa shape index (κ1) is 108. The number of carbonyl (C=O) groups excluding carboxylic acids is 4. The summed E-state index contributed by atoms with van der Waals surface area (Å²) >= 11 is 0.922. The Labute approximate surface area is 728 Å². The smallest absolute Gasteiger partial charge is 0.397 e. The summed E-state index contributed by atoms with van der Waals surface area (Å²) in [7, 11) is -8.99. The first-order valence-corrected chi connectivity index (χ1v) is 44.7. The molecule has 7 fully saturated rings. The van der Waals surface area contributed by atoms with E-state index in [9.17, 15) is 88.4 Å². The van der Waals surface area contributed by atoms with Crippen LogP contribution in [0.4, 0.5) is 4.79 Å². The molecule has 124 heavy (non-hydrogen) atoms. The van der Waals surface area contributed by atoms with Crippen LogP contribution in [-0.2, 0) is 198 Å². The van der Waals surface area contributed by atoms with Crippen molar-refractivity contribution in [3.63, 3.8) is 0 Å². The summed E-state index contributed by atoms with van der Waals surface area (Å²) in [6.07, 6.45) is -42.5. The lowest BCUT2D eigenvalue weighted by Gasteiger charge is -2.51. The number of carboxylic acid groups (broad SMARTS) is 2. The molecule has 720 valence electrons. The van der Waals surface area contributed by atoms with Crippen molar-refractivity contribution >= 4 is 128 Å². The van der Waals surface area contributed by atoms with Crippen LogP contribution in [0, 0.1) is 0 Å². The van der Waals surface area contributed by atoms with Crippen LogP contribution in [-0.4, -0.2) is 365 Å². The maximum absolute atomic E-state index is 14.1. The molecular formula is C59H99N5O52S8. The van der Waals surface area contributed by atoms with Gasteiger partial charge < -0.3 is 113 Å². The molecule has 0 bridgehead atoms. The van der Waals surface area contributed by atoms with E-state index in [4.69, 9.17) is 107 Å². The molecule has 28 atom stereocenters. The van der Waals surface area contributed by atoms with E-state index in [1.165, 1.54) is 0 Å². The molecule has 5 amide bonds. The molecule has 7 aliphatic heterocycles. The van der Waals surface area contributed by atoms with Gasteiger partial charge in [0.2, 0.25) is 17.7 Å². The number of hydrogen-bond donors (Lipinski definition) is 14. The number of unbranched alkanes of at least 4 members (excludes halogenated alkanes) is 5. The molecule has 0 aliphatic carbocycles. The second-order valence-corrected chi connectivity index (χ2v) is 33.4. The maximum atomic E-state index is 14.1. The molecule has 7 rings (SSSR count). The van der Waals surface area contributed by atoms with Crippen LogP contribution >= 0.6 is 61.1 Å². The van der Waals surface area contributed by atoms with Gasteiger partial charge in [0.1, 0.15) is 97.6 Å². The Morgan fingerprint density at radius 1 is 0.419 bits per heavy atom. The largest absolute Gasteiger partial charge is 0.479 e. The van der Waals surface area contributed by atoms with Gasteiger partial charge in [-0.1, -0.05) is 39.4 Å². The van der Waals surface area contributed by atoms with Crippen LogP contribution in [0.15, 0.2) is 0 Å². The monoisotopic (exact) mass is 1970 g/mol. The minimum absolute atomic E-state index is 0.0599. The van der Waals surface area contributed by atoms with Crippen LogP contribution in [0.3, 0.4) is 0 Å². The first-order valence-electron chi connectivity index (χ1n) is 36.9. The lowest BCUT2D eigenvalue weighted by Crippen LogP contribution is -2.70. The summed E-state index contributed by atoms with van der Waals surface area (Å²) < 4.78 is 252. The summed E-state index contributed by atoms with van der Waals surface area (Å²) in [6, 6.07) is -1.48. The molecule has 0 aromatic heterocycles. The van der Waals surface area contributed by atoms with E-state index >= 15 is 0 Å². The molecule has 0 saturated carbocycles. The molecule has 14 N–H and O–H groups in total. The summed E-state index contributed by atoms with van der Waals surface area (Å²) in [6.45, 7) is -3.02. The fourth-order valence-corrected chi connectivity index (χ4v) is 18.1. The zero-order valence-corrected chi connectivity index (χ0v) is 72.8. The third kappa shape index (κ3) is 33.2. The molecule has 57 nitrogen and oxygen atoms in total. The average molecular weight is 1970 g/mol. The van der Waals surface area contributed by atoms with Crippen LogP contribution < -0.4 is 26.6 Å². The standard InChI is InChI=1S/C59H99N5O52S8/c1-86-36-27(22-93-122(77,78)79)96-54(35(39(36)87-2)63-33(67)19-11-9-15-21-60-31(65)17-10-8-14-20-61-32(66)18-13-12-16-30-34-26(25-117-30)62-59(72)64-34)101-42-40(88-3)48(90-5)56(103-46(42)52(68)69)100-38-29(24-95-124(83,84)85)98-58(51(108-121-116-112-76)45(38)106-119-114-110-74)102-43-41(89-4)49(91-6)57(104-47(43)53(70)71)99-37-28(23-94-123(80,81)82)97-55(92-7)50(107-120-115-111-75)44(37)105-118-113-109-73/h26-30,34-51,54-58,73-76H,8-25H2,1-7H3,(H,60,65)(H,61,66)(H,63,67)(H,68,69)(H,70,71)(H2,62,64,72)(H,77,78,79)(H,80,81,82)(H,83,84,85)/t26?,27?,28?,29-,30?,34?,35?,36+,37+,38+,39+,40-,41?,42-,43-,44-,45?,46?,47+,48?,49?,50?,51?,54+,55-,56+,57+,58+/m0/s1. The van der Waals surface area contributed by atoms with E-state index in [2.05, 4.69) is 72.4 Å². The molecule has 7 aliphatic rings. The number of aliphatic carboxylic acids is 2. The Bertz CT molecular complexity index is 3580. The Kier molecular flexibility index (Phi) is 47.5. The highest BCUT2D eigenvalue weighted by Crippen LogP contribution is 2.43. The van der Waals surface area contributed by atoms with Crippen molar-refractivity contribution in [3.05, 3.63) is 0 Å². The number of rotatable bonds is 60. The van der Waals surface area contributed by atoms with Gasteiger partial charge in [-0.15, -0.1) is 17.3 Å². The van der Waals surface area contributed by atoms with E-state index in [0.29, 0.717) is 56.7 Å². The number of hydrogen-bond acceptors (Lipinski definition) is 52. The van der Waals surface area contributed by atoms with E-state index in [-0.39, 0.29) is 105 Å². The SMILES string of the molecule is COC1C(OC)[C@H](O[C@H]2O[C@@H](COS(=O)(=O)O)[C@@H](O[C@@H]3OC(C(=O)O)[C@@H](O[C@H]4OC(COS(=O)(=O)O)[C@@H](OC)[C@H](OC)C4NC(=O)CCCCCNC(=O)CCCCCNC(=O)CCCCC4SCC5NC(=O)NC54)[C@H](OC)C3OC)C(OSOOO)C2OSOOO)[C@H](C(=O)O)O[C@H]1O[C@@H]1C(COS(=O)(=O)O)O[C@H](OC)C(OSOOO)[C@H]1OSOOO. The van der Waals surface area contributed by atoms with Gasteiger partial charge in [0, 0.05) is 93.1 Å². The summed E-state index contributed by atoms with van der Waals surface area (Å²) in [5.74, 6) is -4.01. The second kappa shape index (κ2) is 54.6. The lowest BCUT2D eigenvalue weighted by atomic mass is 9.94. The minimum atomic E-state index is -5.61. The Hall–Kier alpha value is -3.30. The van der Waals surface area contributed by atoms with Gasteiger partial charge in [-0.2, -0.15) is 37.0 Å². The third-order valence-corrected chi connectivity index (χ3v) is 24.0. The van der Waals surface area contributed by atoms with E-state index in [0.717, 1.165) is 68.4 Å². The topological polar surface area (TPSA) is 733 Å². The molecule has 13 unspecified atom stereocenters. The Morgan fingerprint density at radius 2 is 0.790 bits per heavy atom. The van der Waals surface area contributed by atoms with Crippen molar-refractivity contribution in [1.82, 2.24) is 26.6 Å². The van der Waals surface area contributed by atoms with Gasteiger partial charge in [0.25, 0.3) is 0 Å². The summed E-state index contributed by atoms with van der Waals surface area (Å²) in [4.78, 5) is 78.4. The number of ether oxygens (including phenoxy) is 16. The normalized spacial score (nSPS) is 33.5. The fraction of sp³-hybridized carbons (Fsp3) is 0.898. The van der Waals surface area contributed by atoms with Crippen LogP contribution in [0.2, 0.25) is 0 Å². The van der Waals surface area contributed by atoms with Crippen molar-refractivity contribution in [2.45, 2.75) is 248 Å². The van der Waals surface area contributed by atoms with E-state index < -0.39 is 222 Å². The number of nitrogens with one attached hydrogen (secondary N) is 5. The number of methoxy groups -OCH3 is 7. The van der Waals surface area contributed by atoms with Gasteiger partial charge in [-0.3, -0.25) is 44.8 Å². The predicted molar refractivity (Wildman–Crippen MR) is 400 cm³/mol. The number of carboxylic acids is 2. The minimum Gasteiger partial charge on any atom is -0.479 e. The van der Waals surface area contributed by atoms with Gasteiger partial charge in [0.15, 0.2) is 105 Å². The highest BCUT2D eigenvalue weighted by molar-refractivity contribution is 8.00. The second-order valence-electron chi connectivity index (χ2n) is 27.0. The molecule has 7 heterocycles. The van der Waals surface area contributed by atoms with E-state index in [1.54, 1.807) is 0 Å². The number of thioether (sulfide) groups is 1. The van der Waals surface area contributed by atoms with Gasteiger partial charge in [-0.25, -0.2) is 48.0 Å². The predicted octanol–water partition coefficient (Wildman–Crippen LogP) is -1.44. The zero-order chi connectivity index (χ0) is 90.8. The number of amides is 5. The van der Waals surface area contributed by atoms with E-state index in [1.807, 2.05) is 11.8 Å². The molecule has 7 saturated heterocycles. The Morgan fingerprint density at radius 3 is 1.20 bits per heavy atom. The quantitative estimate of drug-likeness (QED) is 0.00828. The number of fused-ring (bicyclic) bond motifs is 1. The summed E-state index contributed by atoms with van der Waals surface area (Å²) in [5.41, 5.74) is 0.